The van der Waals surface area contributed by atoms with Crippen molar-refractivity contribution in [1.29, 1.82) is 0 Å². The normalized spacial score (nSPS) is 11.8. The summed E-state index contributed by atoms with van der Waals surface area (Å²) in [6.07, 6.45) is 0. The molecule has 0 spiro atoms. The zero-order chi connectivity index (χ0) is 18.4. The number of likely N-dealkylation sites (N-methyl/N-ethyl adjacent to an activating group) is 1. The summed E-state index contributed by atoms with van der Waals surface area (Å²) in [7, 11) is 7.09. The number of rotatable bonds is 8. The molecular formula is C19H25Cl2FN2O2. The van der Waals surface area contributed by atoms with Gasteiger partial charge in [-0.25, -0.2) is 4.39 Å². The fraction of sp³-hybridized carbons (Fsp3) is 0.368. The minimum absolute atomic E-state index is 0. The van der Waals surface area contributed by atoms with Gasteiger partial charge in [-0.1, -0.05) is 23.7 Å². The van der Waals surface area contributed by atoms with Crippen LogP contribution in [0.4, 0.5) is 4.39 Å². The molecule has 1 N–H and O–H groups in total. The number of methoxy groups -OCH3 is 2. The summed E-state index contributed by atoms with van der Waals surface area (Å²) in [4.78, 5) is 2.06. The Kier molecular flexibility index (Phi) is 9.16. The molecule has 0 aliphatic rings. The smallest absolute Gasteiger partial charge is 0.179 e. The van der Waals surface area contributed by atoms with Crippen molar-refractivity contribution >= 4 is 24.0 Å². The fourth-order valence-corrected chi connectivity index (χ4v) is 3.05. The molecule has 0 aliphatic heterocycles. The Bertz CT molecular complexity index is 714. The van der Waals surface area contributed by atoms with Crippen molar-refractivity contribution in [2.75, 3.05) is 34.9 Å². The molecule has 2 rings (SSSR count). The maximum Gasteiger partial charge on any atom is 0.179 e. The van der Waals surface area contributed by atoms with Gasteiger partial charge >= 0.3 is 0 Å². The van der Waals surface area contributed by atoms with Crippen LogP contribution in [0, 0.1) is 5.82 Å². The van der Waals surface area contributed by atoms with E-state index < -0.39 is 0 Å². The molecule has 4 nitrogen and oxygen atoms in total. The lowest BCUT2D eigenvalue weighted by Gasteiger charge is -2.25. The summed E-state index contributed by atoms with van der Waals surface area (Å²) in [5, 5.41) is 3.91. The predicted octanol–water partition coefficient (Wildman–Crippen LogP) is 4.31. The SMILES string of the molecule is COc1cc(CNCC(c2cccc(F)c2)N(C)C)cc(Cl)c1OC.Cl. The Balaban J connectivity index is 0.00000338. The second-order valence-electron chi connectivity index (χ2n) is 5.98. The van der Waals surface area contributed by atoms with Gasteiger partial charge in [0.1, 0.15) is 5.82 Å². The van der Waals surface area contributed by atoms with Crippen molar-refractivity contribution < 1.29 is 13.9 Å². The summed E-state index contributed by atoms with van der Waals surface area (Å²) >= 11 is 6.24. The molecular weight excluding hydrogens is 378 g/mol. The number of nitrogens with one attached hydrogen (secondary N) is 1. The van der Waals surface area contributed by atoms with E-state index in [1.165, 1.54) is 6.07 Å². The van der Waals surface area contributed by atoms with Gasteiger partial charge in [0, 0.05) is 19.1 Å². The van der Waals surface area contributed by atoms with Crippen LogP contribution in [0.5, 0.6) is 11.5 Å². The van der Waals surface area contributed by atoms with Gasteiger partial charge in [-0.3, -0.25) is 0 Å². The van der Waals surface area contributed by atoms with Gasteiger partial charge in [0.25, 0.3) is 0 Å². The maximum atomic E-state index is 13.5. The minimum atomic E-state index is -0.226. The van der Waals surface area contributed by atoms with Crippen LogP contribution in [0.25, 0.3) is 0 Å². The van der Waals surface area contributed by atoms with E-state index in [1.807, 2.05) is 32.3 Å². The molecule has 0 amide bonds. The van der Waals surface area contributed by atoms with Crippen molar-refractivity contribution in [3.63, 3.8) is 0 Å². The average Bonchev–Trinajstić information content (AvgIpc) is 2.57. The zero-order valence-corrected chi connectivity index (χ0v) is 17.0. The van der Waals surface area contributed by atoms with E-state index in [-0.39, 0.29) is 24.3 Å². The first-order valence-corrected chi connectivity index (χ1v) is 8.37. The molecule has 0 saturated heterocycles. The van der Waals surface area contributed by atoms with Gasteiger partial charge in [-0.05, 0) is 49.5 Å². The quantitative estimate of drug-likeness (QED) is 0.712. The van der Waals surface area contributed by atoms with Crippen LogP contribution < -0.4 is 14.8 Å². The highest BCUT2D eigenvalue weighted by Crippen LogP contribution is 2.36. The van der Waals surface area contributed by atoms with Crippen molar-refractivity contribution in [3.8, 4) is 11.5 Å². The highest BCUT2D eigenvalue weighted by atomic mass is 35.5. The first kappa shape index (κ1) is 22.5. The largest absolute Gasteiger partial charge is 0.493 e. The molecule has 0 aromatic heterocycles. The first-order chi connectivity index (χ1) is 12.0. The Hall–Kier alpha value is -1.53. The molecule has 2 aromatic carbocycles. The minimum Gasteiger partial charge on any atom is -0.493 e. The number of benzene rings is 2. The number of ether oxygens (including phenoxy) is 2. The maximum absolute atomic E-state index is 13.5. The van der Waals surface area contributed by atoms with Crippen molar-refractivity contribution in [3.05, 3.63) is 58.4 Å². The Morgan fingerprint density at radius 2 is 1.88 bits per heavy atom. The molecule has 144 valence electrons. The third-order valence-electron chi connectivity index (χ3n) is 4.02. The van der Waals surface area contributed by atoms with E-state index in [1.54, 1.807) is 26.4 Å². The summed E-state index contributed by atoms with van der Waals surface area (Å²) in [6, 6.07) is 10.5. The van der Waals surface area contributed by atoms with Gasteiger partial charge in [-0.15, -0.1) is 12.4 Å². The van der Waals surface area contributed by atoms with E-state index >= 15 is 0 Å². The third-order valence-corrected chi connectivity index (χ3v) is 4.30. The summed E-state index contributed by atoms with van der Waals surface area (Å²) in [5.41, 5.74) is 1.92. The molecule has 0 heterocycles. The number of halogens is 3. The average molecular weight is 403 g/mol. The molecule has 0 saturated carbocycles. The van der Waals surface area contributed by atoms with Gasteiger partial charge in [-0.2, -0.15) is 0 Å². The summed E-state index contributed by atoms with van der Waals surface area (Å²) < 4.78 is 24.1. The molecule has 0 radical (unpaired) electrons. The lowest BCUT2D eigenvalue weighted by Crippen LogP contribution is -2.30. The molecule has 1 unspecified atom stereocenters. The van der Waals surface area contributed by atoms with Crippen molar-refractivity contribution in [2.45, 2.75) is 12.6 Å². The lowest BCUT2D eigenvalue weighted by atomic mass is 10.1. The van der Waals surface area contributed by atoms with E-state index in [0.29, 0.717) is 29.6 Å². The molecule has 1 atom stereocenters. The molecule has 2 aromatic rings. The Labute approximate surface area is 165 Å². The fourth-order valence-electron chi connectivity index (χ4n) is 2.74. The summed E-state index contributed by atoms with van der Waals surface area (Å²) in [6.45, 7) is 1.28. The first-order valence-electron chi connectivity index (χ1n) is 7.99. The number of nitrogens with zero attached hydrogens (tertiary/aromatic N) is 1. The van der Waals surface area contributed by atoms with Crippen molar-refractivity contribution in [2.24, 2.45) is 0 Å². The highest BCUT2D eigenvalue weighted by molar-refractivity contribution is 6.32. The highest BCUT2D eigenvalue weighted by Gasteiger charge is 2.15. The monoisotopic (exact) mass is 402 g/mol. The van der Waals surface area contributed by atoms with Gasteiger partial charge < -0.3 is 19.7 Å². The zero-order valence-electron chi connectivity index (χ0n) is 15.4. The number of hydrogen-bond acceptors (Lipinski definition) is 4. The lowest BCUT2D eigenvalue weighted by molar-refractivity contribution is 0.287. The van der Waals surface area contributed by atoms with Gasteiger partial charge in [0.2, 0.25) is 0 Å². The second kappa shape index (κ2) is 10.6. The molecule has 0 aliphatic carbocycles. The van der Waals surface area contributed by atoms with Crippen LogP contribution in [0.3, 0.4) is 0 Å². The predicted molar refractivity (Wildman–Crippen MR) is 106 cm³/mol. The molecule has 0 fully saturated rings. The topological polar surface area (TPSA) is 33.7 Å². The van der Waals surface area contributed by atoms with Crippen molar-refractivity contribution in [1.82, 2.24) is 10.2 Å². The van der Waals surface area contributed by atoms with Crippen LogP contribution in [0.15, 0.2) is 36.4 Å². The van der Waals surface area contributed by atoms with Gasteiger partial charge in [0.15, 0.2) is 11.5 Å². The Morgan fingerprint density at radius 1 is 1.15 bits per heavy atom. The summed E-state index contributed by atoms with van der Waals surface area (Å²) in [5.74, 6) is 0.899. The number of hydrogen-bond donors (Lipinski definition) is 1. The van der Waals surface area contributed by atoms with Gasteiger partial charge in [0.05, 0.1) is 19.2 Å². The van der Waals surface area contributed by atoms with Crippen LogP contribution in [-0.2, 0) is 6.54 Å². The van der Waals surface area contributed by atoms with Crippen LogP contribution in [0.2, 0.25) is 5.02 Å². The molecule has 0 bridgehead atoms. The standard InChI is InChI=1S/C19H24ClFN2O2.ClH/c1-23(2)17(14-6-5-7-15(21)10-14)12-22-11-13-8-16(20)19(25-4)18(9-13)24-3;/h5-10,17,22H,11-12H2,1-4H3;1H. The van der Waals surface area contributed by atoms with Crippen LogP contribution in [-0.4, -0.2) is 39.8 Å². The van der Waals surface area contributed by atoms with E-state index in [9.17, 15) is 4.39 Å². The van der Waals surface area contributed by atoms with E-state index in [4.69, 9.17) is 21.1 Å². The molecule has 7 heteroatoms. The third kappa shape index (κ3) is 5.74. The van der Waals surface area contributed by atoms with E-state index in [2.05, 4.69) is 10.2 Å². The molecule has 26 heavy (non-hydrogen) atoms. The van der Waals surface area contributed by atoms with Crippen LogP contribution in [0.1, 0.15) is 17.2 Å². The van der Waals surface area contributed by atoms with E-state index in [0.717, 1.165) is 11.1 Å². The Morgan fingerprint density at radius 3 is 2.46 bits per heavy atom. The van der Waals surface area contributed by atoms with Crippen LogP contribution >= 0.6 is 24.0 Å². The second-order valence-corrected chi connectivity index (χ2v) is 6.39.